The van der Waals surface area contributed by atoms with Gasteiger partial charge in [0.1, 0.15) is 5.75 Å². The van der Waals surface area contributed by atoms with Crippen molar-refractivity contribution in [2.75, 3.05) is 12.9 Å². The van der Waals surface area contributed by atoms with Gasteiger partial charge in [-0.15, -0.1) is 0 Å². The van der Waals surface area contributed by atoms with Gasteiger partial charge in [-0.05, 0) is 42.0 Å². The van der Waals surface area contributed by atoms with E-state index in [9.17, 15) is 4.79 Å². The molecule has 0 radical (unpaired) electrons. The fourth-order valence-electron chi connectivity index (χ4n) is 2.43. The van der Waals surface area contributed by atoms with Gasteiger partial charge in [0.15, 0.2) is 5.16 Å². The van der Waals surface area contributed by atoms with Crippen LogP contribution in [0.1, 0.15) is 5.56 Å². The number of thioether (sulfide) groups is 1. The van der Waals surface area contributed by atoms with E-state index in [-0.39, 0.29) is 11.7 Å². The molecular weight excluding hydrogens is 348 g/mol. The minimum atomic E-state index is -0.156. The summed E-state index contributed by atoms with van der Waals surface area (Å²) in [5, 5.41) is 0.801. The Morgan fingerprint density at radius 2 is 1.92 bits per heavy atom. The molecule has 0 spiro atoms. The van der Waals surface area contributed by atoms with E-state index in [2.05, 4.69) is 22.4 Å². The fourth-order valence-corrected chi connectivity index (χ4v) is 3.22. The van der Waals surface area contributed by atoms with Crippen LogP contribution in [-0.2, 0) is 11.8 Å². The predicted molar refractivity (Wildman–Crippen MR) is 105 cm³/mol. The zero-order chi connectivity index (χ0) is 18.5. The lowest BCUT2D eigenvalue weighted by atomic mass is 10.2. The van der Waals surface area contributed by atoms with Crippen molar-refractivity contribution in [1.29, 1.82) is 0 Å². The van der Waals surface area contributed by atoms with Crippen LogP contribution in [0.5, 0.6) is 5.75 Å². The molecule has 1 amide bonds. The molecule has 26 heavy (non-hydrogen) atoms. The summed E-state index contributed by atoms with van der Waals surface area (Å²) in [6.45, 7) is 3.92. The smallest absolute Gasteiger partial charge is 0.248 e. The van der Waals surface area contributed by atoms with Gasteiger partial charge in [0.25, 0.3) is 0 Å². The minimum Gasteiger partial charge on any atom is -0.497 e. The van der Waals surface area contributed by atoms with Gasteiger partial charge in [-0.3, -0.25) is 15.6 Å². The SMILES string of the molecule is C=C(NNC(=O)CSc1nc2ccccc2n1C)c1ccc(OC)cc1. The summed E-state index contributed by atoms with van der Waals surface area (Å²) in [5.41, 5.74) is 8.93. The van der Waals surface area contributed by atoms with Crippen LogP contribution >= 0.6 is 11.8 Å². The fraction of sp³-hybridized carbons (Fsp3) is 0.158. The molecule has 2 aromatic carbocycles. The van der Waals surface area contributed by atoms with Gasteiger partial charge in [-0.25, -0.2) is 4.98 Å². The third-order valence-corrected chi connectivity index (χ3v) is 4.90. The lowest BCUT2D eigenvalue weighted by molar-refractivity contribution is -0.119. The highest BCUT2D eigenvalue weighted by molar-refractivity contribution is 7.99. The molecule has 7 heteroatoms. The second-order valence-electron chi connectivity index (χ2n) is 5.61. The molecule has 0 aliphatic rings. The molecule has 0 unspecified atom stereocenters. The van der Waals surface area contributed by atoms with Crippen molar-refractivity contribution in [3.8, 4) is 5.75 Å². The molecule has 1 heterocycles. The van der Waals surface area contributed by atoms with Crippen molar-refractivity contribution in [1.82, 2.24) is 20.4 Å². The number of nitrogens with one attached hydrogen (secondary N) is 2. The van der Waals surface area contributed by atoms with Crippen LogP contribution in [0.3, 0.4) is 0 Å². The zero-order valence-corrected chi connectivity index (χ0v) is 15.5. The lowest BCUT2D eigenvalue weighted by Crippen LogP contribution is -2.37. The van der Waals surface area contributed by atoms with Crippen LogP contribution in [0, 0.1) is 0 Å². The summed E-state index contributed by atoms with van der Waals surface area (Å²) in [7, 11) is 3.56. The number of nitrogens with zero attached hydrogens (tertiary/aromatic N) is 2. The second kappa shape index (κ2) is 7.97. The Bertz CT molecular complexity index is 934. The highest BCUT2D eigenvalue weighted by atomic mass is 32.2. The first kappa shape index (κ1) is 17.9. The monoisotopic (exact) mass is 368 g/mol. The molecule has 0 saturated carbocycles. The maximum atomic E-state index is 12.1. The van der Waals surface area contributed by atoms with Gasteiger partial charge < -0.3 is 9.30 Å². The summed E-state index contributed by atoms with van der Waals surface area (Å²) >= 11 is 1.39. The number of amides is 1. The number of imidazole rings is 1. The van der Waals surface area contributed by atoms with Crippen molar-refractivity contribution in [2.45, 2.75) is 5.16 Å². The second-order valence-corrected chi connectivity index (χ2v) is 6.55. The number of hydrogen-bond acceptors (Lipinski definition) is 5. The quantitative estimate of drug-likeness (QED) is 0.496. The van der Waals surface area contributed by atoms with Crippen molar-refractivity contribution >= 4 is 34.4 Å². The normalized spacial score (nSPS) is 10.5. The number of aromatic nitrogens is 2. The van der Waals surface area contributed by atoms with Crippen LogP contribution in [0.25, 0.3) is 16.7 Å². The highest BCUT2D eigenvalue weighted by Gasteiger charge is 2.10. The van der Waals surface area contributed by atoms with E-state index in [1.165, 1.54) is 11.8 Å². The summed E-state index contributed by atoms with van der Waals surface area (Å²) in [5.74, 6) is 0.862. The van der Waals surface area contributed by atoms with Crippen molar-refractivity contribution < 1.29 is 9.53 Å². The van der Waals surface area contributed by atoms with E-state index in [1.807, 2.05) is 60.1 Å². The zero-order valence-electron chi connectivity index (χ0n) is 14.7. The molecule has 0 fully saturated rings. The first-order valence-corrected chi connectivity index (χ1v) is 8.99. The van der Waals surface area contributed by atoms with Gasteiger partial charge in [-0.2, -0.15) is 0 Å². The van der Waals surface area contributed by atoms with Crippen molar-refractivity contribution in [2.24, 2.45) is 7.05 Å². The van der Waals surface area contributed by atoms with Crippen LogP contribution in [0.15, 0.2) is 60.3 Å². The average Bonchev–Trinajstić information content (AvgIpc) is 3.00. The lowest BCUT2D eigenvalue weighted by Gasteiger charge is -2.11. The number of para-hydroxylation sites is 2. The first-order valence-electron chi connectivity index (χ1n) is 8.01. The molecule has 0 aliphatic heterocycles. The highest BCUT2D eigenvalue weighted by Crippen LogP contribution is 2.22. The van der Waals surface area contributed by atoms with Gasteiger partial charge in [0.05, 0.1) is 29.6 Å². The number of carbonyl (C=O) groups excluding carboxylic acids is 1. The molecule has 6 nitrogen and oxygen atoms in total. The Hall–Kier alpha value is -2.93. The number of benzene rings is 2. The van der Waals surface area contributed by atoms with Crippen molar-refractivity contribution in [3.05, 3.63) is 60.7 Å². The summed E-state index contributed by atoms with van der Waals surface area (Å²) < 4.78 is 7.11. The molecule has 0 bridgehead atoms. The van der Waals surface area contributed by atoms with E-state index in [0.717, 1.165) is 27.5 Å². The van der Waals surface area contributed by atoms with Crippen LogP contribution in [-0.4, -0.2) is 28.3 Å². The maximum Gasteiger partial charge on any atom is 0.248 e. The number of carbonyl (C=O) groups is 1. The van der Waals surface area contributed by atoms with Crippen LogP contribution < -0.4 is 15.6 Å². The molecule has 3 rings (SSSR count). The molecular formula is C19H20N4O2S. The summed E-state index contributed by atoms with van der Waals surface area (Å²) in [6.07, 6.45) is 0. The van der Waals surface area contributed by atoms with E-state index in [1.54, 1.807) is 7.11 Å². The number of rotatable bonds is 7. The Kier molecular flexibility index (Phi) is 5.48. The largest absolute Gasteiger partial charge is 0.497 e. The number of ether oxygens (including phenoxy) is 1. The molecule has 2 N–H and O–H groups in total. The van der Waals surface area contributed by atoms with E-state index in [0.29, 0.717) is 5.70 Å². The predicted octanol–water partition coefficient (Wildman–Crippen LogP) is 2.97. The summed E-state index contributed by atoms with van der Waals surface area (Å²) in [6, 6.07) is 15.3. The number of hydrogen-bond donors (Lipinski definition) is 2. The molecule has 0 atom stereocenters. The Morgan fingerprint density at radius 1 is 1.19 bits per heavy atom. The van der Waals surface area contributed by atoms with Crippen LogP contribution in [0.2, 0.25) is 0 Å². The van der Waals surface area contributed by atoms with Gasteiger partial charge in [0, 0.05) is 7.05 Å². The van der Waals surface area contributed by atoms with Crippen LogP contribution in [0.4, 0.5) is 0 Å². The first-order chi connectivity index (χ1) is 12.6. The maximum absolute atomic E-state index is 12.1. The van der Waals surface area contributed by atoms with E-state index >= 15 is 0 Å². The third-order valence-electron chi connectivity index (χ3n) is 3.87. The number of hydrazine groups is 1. The standard InChI is InChI=1S/C19H20N4O2S/c1-13(14-8-10-15(25-3)11-9-14)21-22-18(24)12-26-19-20-16-6-4-5-7-17(16)23(19)2/h4-11,21H,1,12H2,2-3H3,(H,22,24). The molecule has 134 valence electrons. The van der Waals surface area contributed by atoms with E-state index < -0.39 is 0 Å². The van der Waals surface area contributed by atoms with Gasteiger partial charge in [-0.1, -0.05) is 30.5 Å². The molecule has 3 aromatic rings. The van der Waals surface area contributed by atoms with Gasteiger partial charge >= 0.3 is 0 Å². The number of fused-ring (bicyclic) bond motifs is 1. The molecule has 0 saturated heterocycles. The Morgan fingerprint density at radius 3 is 2.62 bits per heavy atom. The van der Waals surface area contributed by atoms with Gasteiger partial charge in [0.2, 0.25) is 5.91 Å². The number of methoxy groups -OCH3 is 1. The number of aryl methyl sites for hydroxylation is 1. The van der Waals surface area contributed by atoms with E-state index in [4.69, 9.17) is 4.74 Å². The topological polar surface area (TPSA) is 68.2 Å². The minimum absolute atomic E-state index is 0.156. The van der Waals surface area contributed by atoms with Crippen molar-refractivity contribution in [3.63, 3.8) is 0 Å². The Labute approximate surface area is 156 Å². The molecule has 1 aromatic heterocycles. The molecule has 0 aliphatic carbocycles. The summed E-state index contributed by atoms with van der Waals surface area (Å²) in [4.78, 5) is 16.6. The average molecular weight is 368 g/mol. The third kappa shape index (κ3) is 4.00. The Balaban J connectivity index is 1.52.